The van der Waals surface area contributed by atoms with Crippen molar-refractivity contribution in [2.24, 2.45) is 5.10 Å². The van der Waals surface area contributed by atoms with Gasteiger partial charge in [-0.25, -0.2) is 4.79 Å². The highest BCUT2D eigenvalue weighted by atomic mass is 16.7. The van der Waals surface area contributed by atoms with Gasteiger partial charge in [0.05, 0.1) is 56.8 Å². The number of nitrogens with zero attached hydrogens (tertiary/aromatic N) is 3. The number of likely N-dealkylation sites (tertiary alicyclic amines) is 1. The van der Waals surface area contributed by atoms with Crippen molar-refractivity contribution in [1.82, 2.24) is 15.4 Å². The van der Waals surface area contributed by atoms with Crippen LogP contribution in [0.1, 0.15) is 42.9 Å². The molecule has 0 aromatic heterocycles. The van der Waals surface area contributed by atoms with Crippen molar-refractivity contribution < 1.29 is 34.1 Å². The lowest BCUT2D eigenvalue weighted by Gasteiger charge is -2.42. The van der Waals surface area contributed by atoms with Crippen LogP contribution in [0.15, 0.2) is 29.4 Å². The van der Waals surface area contributed by atoms with Crippen LogP contribution in [0.25, 0.3) is 0 Å². The fourth-order valence-corrected chi connectivity index (χ4v) is 4.85. The summed E-state index contributed by atoms with van der Waals surface area (Å²) in [6.07, 6.45) is 4.14. The van der Waals surface area contributed by atoms with E-state index in [-0.39, 0.29) is 25.3 Å². The number of hydrogen-bond acceptors (Lipinski definition) is 9. The molecule has 0 amide bonds. The van der Waals surface area contributed by atoms with Gasteiger partial charge in [-0.1, -0.05) is 24.3 Å². The predicted molar refractivity (Wildman–Crippen MR) is 126 cm³/mol. The summed E-state index contributed by atoms with van der Waals surface area (Å²) in [6.45, 7) is 3.69. The van der Waals surface area contributed by atoms with Gasteiger partial charge >= 0.3 is 11.9 Å². The van der Waals surface area contributed by atoms with Gasteiger partial charge in [-0.15, -0.1) is 0 Å². The van der Waals surface area contributed by atoms with Crippen LogP contribution in [0.5, 0.6) is 0 Å². The molecule has 1 aromatic carbocycles. The predicted octanol–water partition coefficient (Wildman–Crippen LogP) is 1.10. The van der Waals surface area contributed by atoms with Crippen LogP contribution in [0.4, 0.5) is 0 Å². The third kappa shape index (κ3) is 7.45. The van der Waals surface area contributed by atoms with Gasteiger partial charge in [-0.2, -0.15) is 10.6 Å². The lowest BCUT2D eigenvalue weighted by atomic mass is 9.84. The molecule has 0 spiro atoms. The van der Waals surface area contributed by atoms with E-state index in [0.717, 1.165) is 30.6 Å². The Morgan fingerprint density at radius 3 is 2.49 bits per heavy atom. The highest BCUT2D eigenvalue weighted by Gasteiger charge is 2.41. The topological polar surface area (TPSA) is 133 Å². The smallest absolute Gasteiger partial charge is 0.329 e. The molecule has 1 aromatic rings. The Bertz CT molecular complexity index is 880. The third-order valence-electron chi connectivity index (χ3n) is 6.80. The molecule has 2 atom stereocenters. The number of aliphatic carboxylic acids is 2. The van der Waals surface area contributed by atoms with Crippen LogP contribution < -0.4 is 5.48 Å². The maximum Gasteiger partial charge on any atom is 0.329 e. The molecule has 0 saturated carbocycles. The van der Waals surface area contributed by atoms with Gasteiger partial charge in [0.1, 0.15) is 6.61 Å². The first-order valence-corrected chi connectivity index (χ1v) is 12.1. The first-order chi connectivity index (χ1) is 16.9. The molecule has 0 aliphatic carbocycles. The third-order valence-corrected chi connectivity index (χ3v) is 6.80. The van der Waals surface area contributed by atoms with Crippen LogP contribution in [0.2, 0.25) is 0 Å². The number of piperidine rings is 1. The van der Waals surface area contributed by atoms with Crippen molar-refractivity contribution in [3.63, 3.8) is 0 Å². The second-order valence-electron chi connectivity index (χ2n) is 9.36. The number of carboxylic acids is 2. The number of benzene rings is 1. The van der Waals surface area contributed by atoms with Crippen molar-refractivity contribution >= 4 is 18.2 Å². The quantitative estimate of drug-likeness (QED) is 0.410. The molecule has 3 heterocycles. The van der Waals surface area contributed by atoms with Crippen molar-refractivity contribution in [3.05, 3.63) is 35.4 Å². The number of ether oxygens (including phenoxy) is 2. The van der Waals surface area contributed by atoms with E-state index in [4.69, 9.17) is 24.5 Å². The number of hydrazone groups is 1. The largest absolute Gasteiger partial charge is 0.480 e. The van der Waals surface area contributed by atoms with Crippen molar-refractivity contribution in [2.75, 3.05) is 52.5 Å². The molecular formula is C24H34N4O7. The van der Waals surface area contributed by atoms with Gasteiger partial charge in [0.25, 0.3) is 0 Å². The van der Waals surface area contributed by atoms with Crippen LogP contribution in [-0.2, 0) is 23.9 Å². The molecule has 0 bridgehead atoms. The number of carbonyl (C=O) groups is 2. The van der Waals surface area contributed by atoms with Crippen LogP contribution in [0.3, 0.4) is 0 Å². The Morgan fingerprint density at radius 1 is 1.11 bits per heavy atom. The summed E-state index contributed by atoms with van der Waals surface area (Å²) in [5, 5.41) is 24.7. The zero-order valence-electron chi connectivity index (χ0n) is 19.8. The average Bonchev–Trinajstić information content (AvgIpc) is 3.32. The SMILES string of the molecule is O=C(O)COC1(CC2CC(c3ccc(C=NN4CCOCC4)cc3)NO2)CCN(CC(=O)O)CC1. The van der Waals surface area contributed by atoms with Crippen molar-refractivity contribution in [2.45, 2.75) is 43.4 Å². The molecule has 11 heteroatoms. The molecule has 3 aliphatic heterocycles. The first-order valence-electron chi connectivity index (χ1n) is 12.1. The first kappa shape index (κ1) is 25.5. The molecular weight excluding hydrogens is 456 g/mol. The van der Waals surface area contributed by atoms with E-state index in [0.29, 0.717) is 45.6 Å². The van der Waals surface area contributed by atoms with Gasteiger partial charge in [-0.05, 0) is 30.4 Å². The van der Waals surface area contributed by atoms with Gasteiger partial charge in [0.15, 0.2) is 0 Å². The maximum absolute atomic E-state index is 11.2. The number of rotatable bonds is 10. The summed E-state index contributed by atoms with van der Waals surface area (Å²) in [4.78, 5) is 29.9. The van der Waals surface area contributed by atoms with Crippen LogP contribution in [0, 0.1) is 0 Å². The van der Waals surface area contributed by atoms with Crippen LogP contribution in [-0.4, -0.2) is 103 Å². The van der Waals surface area contributed by atoms with Gasteiger partial charge in [0, 0.05) is 19.5 Å². The monoisotopic (exact) mass is 490 g/mol. The molecule has 11 nitrogen and oxygen atoms in total. The molecule has 3 N–H and O–H groups in total. The Morgan fingerprint density at radius 2 is 1.83 bits per heavy atom. The lowest BCUT2D eigenvalue weighted by molar-refractivity contribution is -0.159. The normalized spacial score (nSPS) is 25.2. The fourth-order valence-electron chi connectivity index (χ4n) is 4.85. The zero-order chi connectivity index (χ0) is 24.7. The molecule has 3 fully saturated rings. The van der Waals surface area contributed by atoms with Gasteiger partial charge in [-0.3, -0.25) is 19.5 Å². The Labute approximate surface area is 204 Å². The van der Waals surface area contributed by atoms with E-state index >= 15 is 0 Å². The maximum atomic E-state index is 11.2. The highest BCUT2D eigenvalue weighted by Crippen LogP contribution is 2.36. The van der Waals surface area contributed by atoms with E-state index < -0.39 is 17.5 Å². The average molecular weight is 491 g/mol. The van der Waals surface area contributed by atoms with Crippen LogP contribution >= 0.6 is 0 Å². The van der Waals surface area contributed by atoms with E-state index in [1.54, 1.807) is 0 Å². The second-order valence-corrected chi connectivity index (χ2v) is 9.36. The Balaban J connectivity index is 1.31. The van der Waals surface area contributed by atoms with Gasteiger partial charge < -0.3 is 19.7 Å². The van der Waals surface area contributed by atoms with Crippen molar-refractivity contribution in [3.8, 4) is 0 Å². The number of hydrogen-bond donors (Lipinski definition) is 3. The second kappa shape index (κ2) is 11.9. The number of nitrogens with one attached hydrogen (secondary N) is 1. The molecule has 192 valence electrons. The molecule has 0 radical (unpaired) electrons. The summed E-state index contributed by atoms with van der Waals surface area (Å²) in [6, 6.07) is 8.21. The highest BCUT2D eigenvalue weighted by molar-refractivity contribution is 5.79. The number of hydroxylamine groups is 1. The standard InChI is InChI=1S/C24H34N4O7/c29-22(30)16-27-7-5-24(6-8-27,34-17-23(31)32)14-20-13-21(26-35-20)19-3-1-18(2-4-19)15-25-28-9-11-33-12-10-28/h1-4,15,20-21,26H,5-14,16-17H2,(H,29,30)(H,31,32). The molecule has 4 rings (SSSR count). The van der Waals surface area contributed by atoms with E-state index in [9.17, 15) is 9.59 Å². The van der Waals surface area contributed by atoms with E-state index in [2.05, 4.69) is 22.7 Å². The molecule has 35 heavy (non-hydrogen) atoms. The zero-order valence-corrected chi connectivity index (χ0v) is 19.8. The Hall–Kier alpha value is -2.57. The molecule has 3 saturated heterocycles. The number of carboxylic acid groups (broad SMARTS) is 2. The molecule has 3 aliphatic rings. The number of morpholine rings is 1. The minimum Gasteiger partial charge on any atom is -0.480 e. The fraction of sp³-hybridized carbons (Fsp3) is 0.625. The van der Waals surface area contributed by atoms with Gasteiger partial charge in [0.2, 0.25) is 0 Å². The summed E-state index contributed by atoms with van der Waals surface area (Å²) in [5.74, 6) is -1.88. The minimum atomic E-state index is -1.02. The Kier molecular flexibility index (Phi) is 8.69. The summed E-state index contributed by atoms with van der Waals surface area (Å²) in [7, 11) is 0. The summed E-state index contributed by atoms with van der Waals surface area (Å²) < 4.78 is 11.2. The summed E-state index contributed by atoms with van der Waals surface area (Å²) >= 11 is 0. The lowest BCUT2D eigenvalue weighted by Crippen LogP contribution is -2.49. The molecule has 2 unspecified atom stereocenters. The van der Waals surface area contributed by atoms with E-state index in [1.165, 1.54) is 0 Å². The van der Waals surface area contributed by atoms with Crippen molar-refractivity contribution in [1.29, 1.82) is 0 Å². The van der Waals surface area contributed by atoms with E-state index in [1.807, 2.05) is 28.3 Å². The summed E-state index contributed by atoms with van der Waals surface area (Å²) in [5.41, 5.74) is 4.60. The minimum absolute atomic E-state index is 0.0221.